The maximum atomic E-state index is 12.4. The number of alkyl halides is 3. The molecule has 0 aliphatic heterocycles. The number of aryl methyl sites for hydroxylation is 1. The van der Waals surface area contributed by atoms with E-state index in [4.69, 9.17) is 5.73 Å². The summed E-state index contributed by atoms with van der Waals surface area (Å²) in [6.07, 6.45) is -2.55. The Bertz CT molecular complexity index is 613. The maximum Gasteiger partial charge on any atom is 0.417 e. The fourth-order valence-electron chi connectivity index (χ4n) is 1.48. The van der Waals surface area contributed by atoms with Crippen molar-refractivity contribution in [2.75, 3.05) is 11.1 Å². The van der Waals surface area contributed by atoms with Crippen LogP contribution in [0.4, 0.5) is 24.7 Å². The molecule has 2 aromatic rings. The summed E-state index contributed by atoms with van der Waals surface area (Å²) in [7, 11) is 1.56. The Morgan fingerprint density at radius 3 is 2.50 bits per heavy atom. The van der Waals surface area contributed by atoms with Crippen LogP contribution in [0.5, 0.6) is 0 Å². The number of rotatable bonds is 2. The lowest BCUT2D eigenvalue weighted by atomic mass is 10.2. The number of anilines is 2. The molecule has 0 aliphatic rings. The molecule has 3 N–H and O–H groups in total. The smallest absolute Gasteiger partial charge is 0.394 e. The second-order valence-corrected chi connectivity index (χ2v) is 3.96. The molecule has 0 aromatic carbocycles. The van der Waals surface area contributed by atoms with Gasteiger partial charge in [0.25, 0.3) is 5.91 Å². The lowest BCUT2D eigenvalue weighted by molar-refractivity contribution is -0.137. The number of carbonyl (C=O) groups excluding carboxylic acids is 1. The predicted molar refractivity (Wildman–Crippen MR) is 64.8 cm³/mol. The van der Waals surface area contributed by atoms with Crippen molar-refractivity contribution in [3.8, 4) is 0 Å². The number of nitrogens with one attached hydrogen (secondary N) is 1. The number of hydrogen-bond acceptors (Lipinski definition) is 4. The number of halogens is 3. The Morgan fingerprint density at radius 2 is 2.05 bits per heavy atom. The molecule has 0 spiro atoms. The number of nitrogens with two attached hydrogens (primary N) is 1. The van der Waals surface area contributed by atoms with Crippen LogP contribution in [0.1, 0.15) is 16.1 Å². The van der Waals surface area contributed by atoms with Gasteiger partial charge in [0.05, 0.1) is 17.4 Å². The summed E-state index contributed by atoms with van der Waals surface area (Å²) < 4.78 is 38.4. The van der Waals surface area contributed by atoms with Crippen molar-refractivity contribution in [1.82, 2.24) is 14.8 Å². The molecule has 0 radical (unpaired) electrons. The van der Waals surface area contributed by atoms with Gasteiger partial charge in [-0.05, 0) is 12.1 Å². The lowest BCUT2D eigenvalue weighted by Crippen LogP contribution is -2.17. The zero-order valence-corrected chi connectivity index (χ0v) is 10.3. The van der Waals surface area contributed by atoms with E-state index in [-0.39, 0.29) is 17.2 Å². The summed E-state index contributed by atoms with van der Waals surface area (Å²) in [5, 5.41) is 6.24. The molecule has 0 aliphatic carbocycles. The van der Waals surface area contributed by atoms with Crippen molar-refractivity contribution < 1.29 is 18.0 Å². The highest BCUT2D eigenvalue weighted by atomic mass is 19.4. The fraction of sp³-hybridized carbons (Fsp3) is 0.182. The molecule has 2 rings (SSSR count). The second kappa shape index (κ2) is 4.83. The highest BCUT2D eigenvalue weighted by Crippen LogP contribution is 2.28. The van der Waals surface area contributed by atoms with Crippen LogP contribution in [0.25, 0.3) is 0 Å². The molecule has 0 bridgehead atoms. The first-order valence-corrected chi connectivity index (χ1v) is 5.41. The minimum Gasteiger partial charge on any atom is -0.394 e. The maximum absolute atomic E-state index is 12.4. The summed E-state index contributed by atoms with van der Waals surface area (Å²) >= 11 is 0. The zero-order chi connectivity index (χ0) is 14.9. The van der Waals surface area contributed by atoms with Crippen molar-refractivity contribution in [3.05, 3.63) is 35.8 Å². The number of hydrogen-bond donors (Lipinski definition) is 2. The van der Waals surface area contributed by atoms with Crippen LogP contribution in [-0.2, 0) is 13.2 Å². The van der Waals surface area contributed by atoms with Crippen LogP contribution in [-0.4, -0.2) is 20.7 Å². The minimum atomic E-state index is -4.49. The first-order valence-electron chi connectivity index (χ1n) is 5.41. The molecule has 0 fully saturated rings. The Hall–Kier alpha value is -2.58. The highest BCUT2D eigenvalue weighted by molar-refractivity contribution is 6.03. The third-order valence-corrected chi connectivity index (χ3v) is 2.52. The van der Waals surface area contributed by atoms with Gasteiger partial charge in [0, 0.05) is 13.2 Å². The number of amides is 1. The number of pyridine rings is 1. The Balaban J connectivity index is 2.18. The Kier molecular flexibility index (Phi) is 3.35. The molecule has 0 saturated heterocycles. The second-order valence-electron chi connectivity index (χ2n) is 3.96. The summed E-state index contributed by atoms with van der Waals surface area (Å²) in [4.78, 5) is 15.3. The van der Waals surface area contributed by atoms with Crippen LogP contribution in [0, 0.1) is 0 Å². The van der Waals surface area contributed by atoms with Gasteiger partial charge in [-0.25, -0.2) is 0 Å². The third-order valence-electron chi connectivity index (χ3n) is 2.52. The van der Waals surface area contributed by atoms with Crippen LogP contribution in [0.2, 0.25) is 0 Å². The van der Waals surface area contributed by atoms with Gasteiger partial charge in [-0.2, -0.15) is 18.3 Å². The zero-order valence-electron chi connectivity index (χ0n) is 10.3. The molecule has 20 heavy (non-hydrogen) atoms. The summed E-state index contributed by atoms with van der Waals surface area (Å²) in [6, 6.07) is 1.78. The average molecular weight is 285 g/mol. The molecule has 0 atom stereocenters. The standard InChI is InChI=1S/C11H10F3N5O/c1-19-9(7(15)5-17-19)18-10(20)8-3-2-6(4-16-8)11(12,13)14/h2-5H,15H2,1H3,(H,18,20). The van der Waals surface area contributed by atoms with Gasteiger partial charge < -0.3 is 11.1 Å². The van der Waals surface area contributed by atoms with E-state index in [0.717, 1.165) is 12.1 Å². The van der Waals surface area contributed by atoms with Gasteiger partial charge in [0.15, 0.2) is 5.82 Å². The lowest BCUT2D eigenvalue weighted by Gasteiger charge is -2.08. The topological polar surface area (TPSA) is 85.8 Å². The van der Waals surface area contributed by atoms with Gasteiger partial charge in [-0.15, -0.1) is 0 Å². The van der Waals surface area contributed by atoms with Crippen LogP contribution < -0.4 is 11.1 Å². The first-order chi connectivity index (χ1) is 9.29. The molecule has 106 valence electrons. The van der Waals surface area contributed by atoms with E-state index in [1.807, 2.05) is 0 Å². The van der Waals surface area contributed by atoms with Crippen LogP contribution in [0.15, 0.2) is 24.5 Å². The van der Waals surface area contributed by atoms with Gasteiger partial charge in [0.2, 0.25) is 0 Å². The number of nitrogens with zero attached hydrogens (tertiary/aromatic N) is 3. The fourth-order valence-corrected chi connectivity index (χ4v) is 1.48. The van der Waals surface area contributed by atoms with Gasteiger partial charge in [-0.1, -0.05) is 0 Å². The largest absolute Gasteiger partial charge is 0.417 e. The normalized spacial score (nSPS) is 11.4. The Morgan fingerprint density at radius 1 is 1.35 bits per heavy atom. The SMILES string of the molecule is Cn1ncc(N)c1NC(=O)c1ccc(C(F)(F)F)cn1. The van der Waals surface area contributed by atoms with Crippen molar-refractivity contribution in [2.45, 2.75) is 6.18 Å². The summed E-state index contributed by atoms with van der Waals surface area (Å²) in [5.41, 5.74) is 4.75. The van der Waals surface area contributed by atoms with Gasteiger partial charge in [0.1, 0.15) is 5.69 Å². The van der Waals surface area contributed by atoms with Crippen molar-refractivity contribution in [2.24, 2.45) is 7.05 Å². The van der Waals surface area contributed by atoms with E-state index >= 15 is 0 Å². The first kappa shape index (κ1) is 13.8. The minimum absolute atomic E-state index is 0.154. The summed E-state index contributed by atoms with van der Waals surface area (Å²) in [6.45, 7) is 0. The predicted octanol–water partition coefficient (Wildman–Crippen LogP) is 1.67. The molecule has 2 heterocycles. The van der Waals surface area contributed by atoms with Crippen molar-refractivity contribution in [1.29, 1.82) is 0 Å². The number of aromatic nitrogens is 3. The van der Waals surface area contributed by atoms with E-state index in [9.17, 15) is 18.0 Å². The van der Waals surface area contributed by atoms with Gasteiger partial charge in [-0.3, -0.25) is 14.5 Å². The van der Waals surface area contributed by atoms with Crippen LogP contribution in [0.3, 0.4) is 0 Å². The average Bonchev–Trinajstić information content (AvgIpc) is 2.69. The van der Waals surface area contributed by atoms with Crippen molar-refractivity contribution >= 4 is 17.4 Å². The third kappa shape index (κ3) is 2.71. The highest BCUT2D eigenvalue weighted by Gasteiger charge is 2.31. The van der Waals surface area contributed by atoms with Crippen molar-refractivity contribution in [3.63, 3.8) is 0 Å². The molecule has 6 nitrogen and oxygen atoms in total. The van der Waals surface area contributed by atoms with E-state index in [1.165, 1.54) is 10.9 Å². The molecule has 1 amide bonds. The van der Waals surface area contributed by atoms with Gasteiger partial charge >= 0.3 is 6.18 Å². The Labute approximate surface area is 111 Å². The van der Waals surface area contributed by atoms with E-state index in [2.05, 4.69) is 15.4 Å². The quantitative estimate of drug-likeness (QED) is 0.878. The molecular weight excluding hydrogens is 275 g/mol. The van der Waals surface area contributed by atoms with E-state index in [0.29, 0.717) is 6.20 Å². The van der Waals surface area contributed by atoms with E-state index in [1.54, 1.807) is 7.05 Å². The molecule has 0 saturated carbocycles. The molecule has 2 aromatic heterocycles. The molecular formula is C11H10F3N5O. The summed E-state index contributed by atoms with van der Waals surface area (Å²) in [5.74, 6) is -0.425. The molecule has 0 unspecified atom stereocenters. The number of nitrogen functional groups attached to an aromatic ring is 1. The van der Waals surface area contributed by atoms with Crippen LogP contribution >= 0.6 is 0 Å². The monoisotopic (exact) mass is 285 g/mol. The molecule has 9 heteroatoms. The number of carbonyl (C=O) groups is 1. The van der Waals surface area contributed by atoms with E-state index < -0.39 is 17.6 Å².